The van der Waals surface area contributed by atoms with Crippen LogP contribution in [0.25, 0.3) is 0 Å². The lowest BCUT2D eigenvalue weighted by Gasteiger charge is -2.26. The zero-order valence-corrected chi connectivity index (χ0v) is 10.8. The fourth-order valence-corrected chi connectivity index (χ4v) is 2.11. The normalized spacial score (nSPS) is 25.7. The van der Waals surface area contributed by atoms with Crippen LogP contribution in [0.3, 0.4) is 0 Å². The van der Waals surface area contributed by atoms with Crippen LogP contribution in [0.2, 0.25) is 0 Å². The van der Waals surface area contributed by atoms with Crippen molar-refractivity contribution in [2.45, 2.75) is 37.5 Å². The Hall–Kier alpha value is -1.15. The van der Waals surface area contributed by atoms with Crippen molar-refractivity contribution in [2.75, 3.05) is 20.2 Å². The number of rotatable bonds is 4. The van der Waals surface area contributed by atoms with Crippen molar-refractivity contribution in [3.05, 3.63) is 11.7 Å². The van der Waals surface area contributed by atoms with E-state index >= 15 is 0 Å². The van der Waals surface area contributed by atoms with Gasteiger partial charge in [0, 0.05) is 20.1 Å². The standard InChI is InChI=1S/C11H16F3N3O2/c1-7(18-2)5-8-16-9(19-17-8)10(11(12,13)14)3-4-15-6-10/h7,15H,3-6H2,1-2H3. The van der Waals surface area contributed by atoms with Gasteiger partial charge in [0.1, 0.15) is 0 Å². The summed E-state index contributed by atoms with van der Waals surface area (Å²) in [6, 6.07) is 0. The van der Waals surface area contributed by atoms with Crippen molar-refractivity contribution in [1.82, 2.24) is 15.5 Å². The van der Waals surface area contributed by atoms with Gasteiger partial charge in [-0.05, 0) is 19.9 Å². The summed E-state index contributed by atoms with van der Waals surface area (Å²) in [4.78, 5) is 3.90. The highest BCUT2D eigenvalue weighted by Crippen LogP contribution is 2.44. The Morgan fingerprint density at radius 2 is 2.26 bits per heavy atom. The molecule has 0 amide bonds. The second-order valence-electron chi connectivity index (χ2n) is 4.77. The SMILES string of the molecule is COC(C)Cc1noc(C2(C(F)(F)F)CCNC2)n1. The molecule has 0 aliphatic carbocycles. The van der Waals surface area contributed by atoms with Crippen LogP contribution in [-0.4, -0.2) is 42.6 Å². The van der Waals surface area contributed by atoms with Crippen LogP contribution in [0, 0.1) is 0 Å². The third kappa shape index (κ3) is 2.59. The van der Waals surface area contributed by atoms with E-state index in [9.17, 15) is 13.2 Å². The predicted molar refractivity (Wildman–Crippen MR) is 59.7 cm³/mol. The zero-order valence-electron chi connectivity index (χ0n) is 10.8. The summed E-state index contributed by atoms with van der Waals surface area (Å²) in [5, 5.41) is 6.32. The molecule has 1 fully saturated rings. The highest BCUT2D eigenvalue weighted by molar-refractivity contribution is 5.14. The van der Waals surface area contributed by atoms with Crippen LogP contribution in [0.15, 0.2) is 4.52 Å². The Morgan fingerprint density at radius 3 is 2.79 bits per heavy atom. The number of halogens is 3. The maximum atomic E-state index is 13.2. The van der Waals surface area contributed by atoms with Gasteiger partial charge in [-0.25, -0.2) is 0 Å². The molecule has 1 aromatic rings. The molecule has 5 nitrogen and oxygen atoms in total. The summed E-state index contributed by atoms with van der Waals surface area (Å²) in [6.07, 6.45) is -4.35. The second kappa shape index (κ2) is 5.09. The van der Waals surface area contributed by atoms with Gasteiger partial charge in [-0.1, -0.05) is 5.16 Å². The lowest BCUT2D eigenvalue weighted by molar-refractivity contribution is -0.191. The molecule has 1 N–H and O–H groups in total. The van der Waals surface area contributed by atoms with Crippen molar-refractivity contribution >= 4 is 0 Å². The van der Waals surface area contributed by atoms with Gasteiger partial charge in [-0.15, -0.1) is 0 Å². The highest BCUT2D eigenvalue weighted by Gasteiger charge is 2.61. The Labute approximate surface area is 108 Å². The first kappa shape index (κ1) is 14.3. The molecule has 0 saturated carbocycles. The van der Waals surface area contributed by atoms with Crippen molar-refractivity contribution in [1.29, 1.82) is 0 Å². The van der Waals surface area contributed by atoms with Gasteiger partial charge in [0.15, 0.2) is 11.2 Å². The number of nitrogens with one attached hydrogen (secondary N) is 1. The maximum Gasteiger partial charge on any atom is 0.404 e. The van der Waals surface area contributed by atoms with Gasteiger partial charge < -0.3 is 14.6 Å². The van der Waals surface area contributed by atoms with Gasteiger partial charge in [0.05, 0.1) is 6.10 Å². The minimum Gasteiger partial charge on any atom is -0.381 e. The number of alkyl halides is 3. The molecule has 2 heterocycles. The van der Waals surface area contributed by atoms with E-state index in [4.69, 9.17) is 9.26 Å². The number of ether oxygens (including phenoxy) is 1. The fourth-order valence-electron chi connectivity index (χ4n) is 2.11. The van der Waals surface area contributed by atoms with Crippen molar-refractivity contribution in [3.63, 3.8) is 0 Å². The third-order valence-electron chi connectivity index (χ3n) is 3.45. The number of aromatic nitrogens is 2. The van der Waals surface area contributed by atoms with Gasteiger partial charge in [0.25, 0.3) is 0 Å². The van der Waals surface area contributed by atoms with Crippen molar-refractivity contribution in [2.24, 2.45) is 0 Å². The molecule has 2 rings (SSSR count). The molecule has 0 radical (unpaired) electrons. The summed E-state index contributed by atoms with van der Waals surface area (Å²) in [6.45, 7) is 1.84. The Balaban J connectivity index is 2.24. The van der Waals surface area contributed by atoms with Crippen LogP contribution in [0.5, 0.6) is 0 Å². The fraction of sp³-hybridized carbons (Fsp3) is 0.818. The van der Waals surface area contributed by atoms with Crippen LogP contribution < -0.4 is 5.32 Å². The highest BCUT2D eigenvalue weighted by atomic mass is 19.4. The summed E-state index contributed by atoms with van der Waals surface area (Å²) in [5.74, 6) is -0.122. The van der Waals surface area contributed by atoms with Crippen molar-refractivity contribution in [3.8, 4) is 0 Å². The van der Waals surface area contributed by atoms with E-state index in [2.05, 4.69) is 15.5 Å². The first-order valence-corrected chi connectivity index (χ1v) is 6.02. The average molecular weight is 279 g/mol. The molecule has 1 aliphatic rings. The van der Waals surface area contributed by atoms with E-state index in [0.29, 0.717) is 6.42 Å². The molecular weight excluding hydrogens is 263 g/mol. The Morgan fingerprint density at radius 1 is 1.53 bits per heavy atom. The molecule has 1 aromatic heterocycles. The van der Waals surface area contributed by atoms with E-state index < -0.39 is 11.6 Å². The lowest BCUT2D eigenvalue weighted by Crippen LogP contribution is -2.44. The zero-order chi connectivity index (χ0) is 14.1. The van der Waals surface area contributed by atoms with Gasteiger partial charge >= 0.3 is 6.18 Å². The van der Waals surface area contributed by atoms with E-state index in [1.807, 2.05) is 0 Å². The smallest absolute Gasteiger partial charge is 0.381 e. The van der Waals surface area contributed by atoms with E-state index in [1.165, 1.54) is 7.11 Å². The summed E-state index contributed by atoms with van der Waals surface area (Å²) in [5.41, 5.74) is -2.06. The first-order valence-electron chi connectivity index (χ1n) is 6.02. The summed E-state index contributed by atoms with van der Waals surface area (Å²) >= 11 is 0. The molecule has 1 aliphatic heterocycles. The van der Waals surface area contributed by atoms with Crippen LogP contribution in [-0.2, 0) is 16.6 Å². The number of nitrogens with zero attached hydrogens (tertiary/aromatic N) is 2. The molecule has 0 aromatic carbocycles. The minimum absolute atomic E-state index is 0.0854. The van der Waals surface area contributed by atoms with E-state index in [0.717, 1.165) is 0 Å². The van der Waals surface area contributed by atoms with Crippen LogP contribution in [0.4, 0.5) is 13.2 Å². The second-order valence-corrected chi connectivity index (χ2v) is 4.77. The molecular formula is C11H16F3N3O2. The summed E-state index contributed by atoms with van der Waals surface area (Å²) in [7, 11) is 1.52. The lowest BCUT2D eigenvalue weighted by atomic mass is 9.86. The minimum atomic E-state index is -4.41. The molecule has 0 spiro atoms. The first-order chi connectivity index (χ1) is 8.89. The summed E-state index contributed by atoms with van der Waals surface area (Å²) < 4.78 is 49.6. The molecule has 8 heteroatoms. The maximum absolute atomic E-state index is 13.2. The van der Waals surface area contributed by atoms with Gasteiger partial charge in [-0.2, -0.15) is 18.2 Å². The predicted octanol–water partition coefficient (Wildman–Crippen LogP) is 1.44. The number of hydrogen-bond donors (Lipinski definition) is 1. The number of hydrogen-bond acceptors (Lipinski definition) is 5. The molecule has 0 bridgehead atoms. The Kier molecular flexibility index (Phi) is 3.82. The topological polar surface area (TPSA) is 60.2 Å². The molecule has 19 heavy (non-hydrogen) atoms. The Bertz CT molecular complexity index is 427. The van der Waals surface area contributed by atoms with Gasteiger partial charge in [-0.3, -0.25) is 0 Å². The average Bonchev–Trinajstić information content (AvgIpc) is 2.95. The number of methoxy groups -OCH3 is 1. The third-order valence-corrected chi connectivity index (χ3v) is 3.45. The van der Waals surface area contributed by atoms with E-state index in [-0.39, 0.29) is 37.3 Å². The van der Waals surface area contributed by atoms with Crippen LogP contribution >= 0.6 is 0 Å². The molecule has 2 atom stereocenters. The molecule has 2 unspecified atom stereocenters. The van der Waals surface area contributed by atoms with Crippen molar-refractivity contribution < 1.29 is 22.4 Å². The van der Waals surface area contributed by atoms with Gasteiger partial charge in [0.2, 0.25) is 5.89 Å². The quantitative estimate of drug-likeness (QED) is 0.903. The molecule has 108 valence electrons. The molecule has 1 saturated heterocycles. The van der Waals surface area contributed by atoms with E-state index in [1.54, 1.807) is 6.92 Å². The largest absolute Gasteiger partial charge is 0.404 e. The van der Waals surface area contributed by atoms with Crippen LogP contribution in [0.1, 0.15) is 25.1 Å². The monoisotopic (exact) mass is 279 g/mol.